The van der Waals surface area contributed by atoms with E-state index in [9.17, 15) is 14.7 Å². The number of ketones is 1. The highest BCUT2D eigenvalue weighted by atomic mass is 79.9. The molecule has 7 heteroatoms. The molecule has 28 heavy (non-hydrogen) atoms. The third-order valence-electron chi connectivity index (χ3n) is 6.17. The number of Topliss-reactive ketones (excluding diaryl/α,β-unsaturated/α-hetero) is 1. The Labute approximate surface area is 177 Å². The summed E-state index contributed by atoms with van der Waals surface area (Å²) in [6.07, 6.45) is 6.41. The van der Waals surface area contributed by atoms with Crippen LogP contribution in [0.5, 0.6) is 5.75 Å². The van der Waals surface area contributed by atoms with Crippen molar-refractivity contribution in [2.45, 2.75) is 50.5 Å². The topological polar surface area (TPSA) is 86.9 Å². The molecule has 0 spiro atoms. The summed E-state index contributed by atoms with van der Waals surface area (Å²) in [5.74, 6) is 0.102. The number of primary amides is 1. The molecule has 156 valence electrons. The molecular weight excluding hydrogens is 422 g/mol. The second-order valence-electron chi connectivity index (χ2n) is 7.86. The van der Waals surface area contributed by atoms with Gasteiger partial charge in [0, 0.05) is 25.1 Å². The lowest BCUT2D eigenvalue weighted by atomic mass is 9.83. The van der Waals surface area contributed by atoms with E-state index in [1.54, 1.807) is 24.3 Å². The van der Waals surface area contributed by atoms with Gasteiger partial charge < -0.3 is 15.7 Å². The van der Waals surface area contributed by atoms with Crippen LogP contribution < -0.4 is 5.73 Å². The summed E-state index contributed by atoms with van der Waals surface area (Å²) in [6.45, 7) is 4.52. The number of likely N-dealkylation sites (tertiary alicyclic amines) is 2. The van der Waals surface area contributed by atoms with E-state index in [1.165, 1.54) is 6.42 Å². The fourth-order valence-electron chi connectivity index (χ4n) is 4.44. The van der Waals surface area contributed by atoms with Crippen LogP contribution in [0.4, 0.5) is 0 Å². The van der Waals surface area contributed by atoms with Crippen LogP contribution >= 0.6 is 17.0 Å². The number of benzene rings is 1. The minimum absolute atomic E-state index is 0. The molecule has 3 rings (SSSR count). The lowest BCUT2D eigenvalue weighted by Crippen LogP contribution is -2.63. The molecule has 2 aliphatic heterocycles. The number of phenolic OH excluding ortho intramolecular Hbond substituents is 1. The van der Waals surface area contributed by atoms with Crippen LogP contribution in [0, 0.1) is 0 Å². The van der Waals surface area contributed by atoms with Crippen LogP contribution in [0.1, 0.15) is 55.3 Å². The van der Waals surface area contributed by atoms with Gasteiger partial charge in [0.1, 0.15) is 11.3 Å². The van der Waals surface area contributed by atoms with Crippen LogP contribution in [0.25, 0.3) is 0 Å². The highest BCUT2D eigenvalue weighted by Crippen LogP contribution is 2.31. The lowest BCUT2D eigenvalue weighted by molar-refractivity contribution is -0.134. The average Bonchev–Trinajstić information content (AvgIpc) is 2.69. The second-order valence-corrected chi connectivity index (χ2v) is 7.86. The predicted octanol–water partition coefficient (Wildman–Crippen LogP) is 2.74. The van der Waals surface area contributed by atoms with Gasteiger partial charge in [-0.3, -0.25) is 14.5 Å². The van der Waals surface area contributed by atoms with Crippen LogP contribution in [-0.2, 0) is 4.79 Å². The average molecular weight is 454 g/mol. The fraction of sp³-hybridized carbons (Fsp3) is 0.619. The molecule has 0 radical (unpaired) electrons. The van der Waals surface area contributed by atoms with Crippen molar-refractivity contribution in [3.05, 3.63) is 29.8 Å². The maximum atomic E-state index is 12.3. The highest BCUT2D eigenvalue weighted by Gasteiger charge is 2.44. The van der Waals surface area contributed by atoms with E-state index in [1.807, 2.05) is 0 Å². The Morgan fingerprint density at radius 3 is 2.18 bits per heavy atom. The first-order valence-electron chi connectivity index (χ1n) is 10.1. The summed E-state index contributed by atoms with van der Waals surface area (Å²) in [5, 5.41) is 9.31. The summed E-state index contributed by atoms with van der Waals surface area (Å²) in [6, 6.07) is 6.42. The van der Waals surface area contributed by atoms with Gasteiger partial charge in [0.2, 0.25) is 5.91 Å². The molecule has 0 aromatic heterocycles. The number of hydrogen-bond acceptors (Lipinski definition) is 5. The van der Waals surface area contributed by atoms with Crippen molar-refractivity contribution >= 4 is 28.7 Å². The number of nitrogens with two attached hydrogens (primary N) is 1. The number of carbonyl (C=O) groups is 2. The van der Waals surface area contributed by atoms with Gasteiger partial charge in [-0.15, -0.1) is 17.0 Å². The molecule has 2 aliphatic rings. The molecule has 0 unspecified atom stereocenters. The Morgan fingerprint density at radius 2 is 1.61 bits per heavy atom. The zero-order chi connectivity index (χ0) is 19.3. The van der Waals surface area contributed by atoms with Crippen molar-refractivity contribution in [3.8, 4) is 5.75 Å². The lowest BCUT2D eigenvalue weighted by Gasteiger charge is -2.48. The van der Waals surface area contributed by atoms with Gasteiger partial charge in [0.05, 0.1) is 0 Å². The number of piperidine rings is 2. The van der Waals surface area contributed by atoms with Gasteiger partial charge in [0.15, 0.2) is 5.78 Å². The van der Waals surface area contributed by atoms with Gasteiger partial charge in [-0.2, -0.15) is 0 Å². The monoisotopic (exact) mass is 453 g/mol. The smallest absolute Gasteiger partial charge is 0.238 e. The summed E-state index contributed by atoms with van der Waals surface area (Å²) in [7, 11) is 0. The first-order chi connectivity index (χ1) is 13.0. The first-order valence-corrected chi connectivity index (χ1v) is 10.1. The molecule has 1 aromatic carbocycles. The number of rotatable bonds is 7. The maximum Gasteiger partial charge on any atom is 0.238 e. The molecular formula is C21H32BrN3O3. The Balaban J connectivity index is 0.00000280. The quantitative estimate of drug-likeness (QED) is 0.619. The zero-order valence-electron chi connectivity index (χ0n) is 16.4. The van der Waals surface area contributed by atoms with Crippen molar-refractivity contribution in [1.82, 2.24) is 9.80 Å². The summed E-state index contributed by atoms with van der Waals surface area (Å²) in [4.78, 5) is 29.2. The minimum atomic E-state index is -0.473. The Morgan fingerprint density at radius 1 is 1.00 bits per heavy atom. The van der Waals surface area contributed by atoms with Gasteiger partial charge in [0.25, 0.3) is 0 Å². The summed E-state index contributed by atoms with van der Waals surface area (Å²) >= 11 is 0. The number of phenols is 1. The van der Waals surface area contributed by atoms with Gasteiger partial charge in [-0.25, -0.2) is 0 Å². The first kappa shape index (κ1) is 22.8. The predicted molar refractivity (Wildman–Crippen MR) is 115 cm³/mol. The van der Waals surface area contributed by atoms with E-state index in [-0.39, 0.29) is 34.4 Å². The van der Waals surface area contributed by atoms with E-state index >= 15 is 0 Å². The summed E-state index contributed by atoms with van der Waals surface area (Å²) in [5.41, 5.74) is 6.00. The number of aromatic hydroxyl groups is 1. The number of amides is 1. The van der Waals surface area contributed by atoms with Gasteiger partial charge >= 0.3 is 0 Å². The number of hydrogen-bond donors (Lipinski definition) is 2. The van der Waals surface area contributed by atoms with Crippen molar-refractivity contribution < 1.29 is 14.7 Å². The maximum absolute atomic E-state index is 12.3. The van der Waals surface area contributed by atoms with E-state index in [4.69, 9.17) is 5.73 Å². The molecule has 0 bridgehead atoms. The van der Waals surface area contributed by atoms with Crippen molar-refractivity contribution in [1.29, 1.82) is 0 Å². The minimum Gasteiger partial charge on any atom is -0.508 e. The van der Waals surface area contributed by atoms with E-state index in [0.29, 0.717) is 12.0 Å². The number of nitrogens with zero attached hydrogens (tertiary/aromatic N) is 2. The van der Waals surface area contributed by atoms with Gasteiger partial charge in [-0.1, -0.05) is 6.42 Å². The third-order valence-corrected chi connectivity index (χ3v) is 6.17. The molecule has 6 nitrogen and oxygen atoms in total. The third kappa shape index (κ3) is 5.33. The Bertz CT molecular complexity index is 651. The summed E-state index contributed by atoms with van der Waals surface area (Å²) < 4.78 is 0. The molecule has 1 aromatic rings. The Kier molecular flexibility index (Phi) is 8.46. The fourth-order valence-corrected chi connectivity index (χ4v) is 4.44. The van der Waals surface area contributed by atoms with Crippen LogP contribution in [0.2, 0.25) is 0 Å². The highest BCUT2D eigenvalue weighted by molar-refractivity contribution is 8.93. The molecule has 3 N–H and O–H groups in total. The van der Waals surface area contributed by atoms with Crippen LogP contribution in [0.15, 0.2) is 24.3 Å². The van der Waals surface area contributed by atoms with E-state index in [0.717, 1.165) is 64.8 Å². The van der Waals surface area contributed by atoms with E-state index < -0.39 is 5.54 Å². The van der Waals surface area contributed by atoms with Crippen LogP contribution in [-0.4, -0.2) is 64.9 Å². The molecule has 2 heterocycles. The molecule has 2 saturated heterocycles. The van der Waals surface area contributed by atoms with E-state index in [2.05, 4.69) is 9.80 Å². The molecule has 2 fully saturated rings. The zero-order valence-corrected chi connectivity index (χ0v) is 18.2. The van der Waals surface area contributed by atoms with Crippen molar-refractivity contribution in [2.24, 2.45) is 5.73 Å². The van der Waals surface area contributed by atoms with Crippen LogP contribution in [0.3, 0.4) is 0 Å². The normalized spacial score (nSPS) is 20.3. The van der Waals surface area contributed by atoms with Crippen molar-refractivity contribution in [2.75, 3.05) is 32.7 Å². The largest absolute Gasteiger partial charge is 0.508 e. The van der Waals surface area contributed by atoms with Gasteiger partial charge in [-0.05, 0) is 76.0 Å². The molecule has 1 amide bonds. The Hall–Kier alpha value is -1.44. The number of carbonyl (C=O) groups excluding carboxylic acids is 2. The second kappa shape index (κ2) is 10.4. The molecule has 0 saturated carbocycles. The standard InChI is InChI=1S/C21H31N3O3.BrH/c22-20(27)21(24-13-2-1-3-14-24)10-15-23(16-11-21)12-4-5-19(26)17-6-8-18(25)9-7-17;/h6-9,25H,1-5,10-16H2,(H2,22,27);1H. The number of halogens is 1. The SMILES string of the molecule is Br.NC(=O)C1(N2CCCCC2)CCN(CCCC(=O)c2ccc(O)cc2)CC1. The molecule has 0 aliphatic carbocycles. The van der Waals surface area contributed by atoms with Crippen molar-refractivity contribution in [3.63, 3.8) is 0 Å². The molecule has 0 atom stereocenters.